The van der Waals surface area contributed by atoms with Crippen molar-refractivity contribution in [1.82, 2.24) is 4.90 Å². The number of ether oxygens (including phenoxy) is 1. The van der Waals surface area contributed by atoms with Crippen LogP contribution in [0.2, 0.25) is 5.02 Å². The van der Waals surface area contributed by atoms with E-state index in [0.717, 1.165) is 19.3 Å². The van der Waals surface area contributed by atoms with Gasteiger partial charge in [-0.3, -0.25) is 4.79 Å². The molecule has 0 aromatic heterocycles. The summed E-state index contributed by atoms with van der Waals surface area (Å²) >= 11 is 5.98. The first-order valence-electron chi connectivity index (χ1n) is 6.45. The molecule has 1 aromatic carbocycles. The lowest BCUT2D eigenvalue weighted by atomic mass is 9.77. The summed E-state index contributed by atoms with van der Waals surface area (Å²) in [6.45, 7) is 0.908. The van der Waals surface area contributed by atoms with Crippen molar-refractivity contribution < 1.29 is 9.53 Å². The largest absolute Gasteiger partial charge is 0.490 e. The van der Waals surface area contributed by atoms with Crippen LogP contribution in [0.15, 0.2) is 24.3 Å². The van der Waals surface area contributed by atoms with E-state index in [0.29, 0.717) is 23.9 Å². The summed E-state index contributed by atoms with van der Waals surface area (Å²) in [7, 11) is 1.76. The van der Waals surface area contributed by atoms with Crippen LogP contribution in [-0.4, -0.2) is 36.5 Å². The molecule has 2 rings (SSSR count). The fourth-order valence-electron chi connectivity index (χ4n) is 2.11. The number of hydrogen-bond donors (Lipinski definition) is 1. The second-order valence-electron chi connectivity index (χ2n) is 5.02. The Bertz CT molecular complexity index is 464. The van der Waals surface area contributed by atoms with Gasteiger partial charge in [-0.1, -0.05) is 23.7 Å². The van der Waals surface area contributed by atoms with Crippen LogP contribution in [0.3, 0.4) is 0 Å². The van der Waals surface area contributed by atoms with E-state index in [9.17, 15) is 4.79 Å². The number of carbonyl (C=O) groups is 1. The highest BCUT2D eigenvalue weighted by Gasteiger charge is 2.41. The highest BCUT2D eigenvalue weighted by molar-refractivity contribution is 6.32. The standard InChI is InChI=1S/C14H19ClN2O2.ClH/c1-17(13(18)14(16)7-4-8-14)9-10-19-12-6-3-2-5-11(12)15;/h2-3,5-6H,4,7-10,16H2,1H3;1H. The Morgan fingerprint density at radius 3 is 2.65 bits per heavy atom. The number of hydrogen-bond acceptors (Lipinski definition) is 3. The molecule has 1 saturated carbocycles. The van der Waals surface area contributed by atoms with E-state index < -0.39 is 5.54 Å². The van der Waals surface area contributed by atoms with Gasteiger partial charge in [0.25, 0.3) is 0 Å². The van der Waals surface area contributed by atoms with Crippen molar-refractivity contribution in [3.63, 3.8) is 0 Å². The van der Waals surface area contributed by atoms with E-state index in [4.69, 9.17) is 22.1 Å². The van der Waals surface area contributed by atoms with Crippen molar-refractivity contribution in [2.24, 2.45) is 5.73 Å². The maximum Gasteiger partial charge on any atom is 0.242 e. The minimum atomic E-state index is -0.640. The van der Waals surface area contributed by atoms with Gasteiger partial charge < -0.3 is 15.4 Å². The molecule has 1 fully saturated rings. The van der Waals surface area contributed by atoms with Gasteiger partial charge in [-0.15, -0.1) is 12.4 Å². The average molecular weight is 319 g/mol. The van der Waals surface area contributed by atoms with Crippen molar-refractivity contribution >= 4 is 29.9 Å². The van der Waals surface area contributed by atoms with Crippen LogP contribution < -0.4 is 10.5 Å². The van der Waals surface area contributed by atoms with Crippen LogP contribution in [0.25, 0.3) is 0 Å². The van der Waals surface area contributed by atoms with Crippen molar-refractivity contribution in [2.45, 2.75) is 24.8 Å². The van der Waals surface area contributed by atoms with Gasteiger partial charge >= 0.3 is 0 Å². The normalized spacial score (nSPS) is 15.8. The van der Waals surface area contributed by atoms with Gasteiger partial charge in [0.1, 0.15) is 12.4 Å². The van der Waals surface area contributed by atoms with Gasteiger partial charge in [0, 0.05) is 7.05 Å². The molecule has 0 saturated heterocycles. The zero-order valence-electron chi connectivity index (χ0n) is 11.5. The molecule has 1 aliphatic rings. The Kier molecular flexibility index (Phi) is 6.11. The molecule has 1 aromatic rings. The Balaban J connectivity index is 0.00000200. The third-order valence-electron chi connectivity index (χ3n) is 3.54. The molecular formula is C14H20Cl2N2O2. The molecule has 112 valence electrons. The number of halogens is 2. The van der Waals surface area contributed by atoms with Crippen LogP contribution in [0.5, 0.6) is 5.75 Å². The Labute approximate surface area is 130 Å². The lowest BCUT2D eigenvalue weighted by molar-refractivity contribution is -0.139. The highest BCUT2D eigenvalue weighted by Crippen LogP contribution is 2.30. The average Bonchev–Trinajstić information content (AvgIpc) is 2.37. The second-order valence-corrected chi connectivity index (χ2v) is 5.42. The maximum absolute atomic E-state index is 12.1. The number of para-hydroxylation sites is 1. The van der Waals surface area contributed by atoms with Crippen molar-refractivity contribution in [1.29, 1.82) is 0 Å². The van der Waals surface area contributed by atoms with Crippen LogP contribution in [0.4, 0.5) is 0 Å². The highest BCUT2D eigenvalue weighted by atomic mass is 35.5. The molecule has 1 amide bonds. The summed E-state index contributed by atoms with van der Waals surface area (Å²) in [5.74, 6) is 0.637. The Hall–Kier alpha value is -0.970. The van der Waals surface area contributed by atoms with E-state index in [1.165, 1.54) is 0 Å². The number of nitrogens with zero attached hydrogens (tertiary/aromatic N) is 1. The smallest absolute Gasteiger partial charge is 0.242 e. The predicted molar refractivity (Wildman–Crippen MR) is 82.6 cm³/mol. The Morgan fingerprint density at radius 1 is 1.45 bits per heavy atom. The quantitative estimate of drug-likeness (QED) is 0.907. The van der Waals surface area contributed by atoms with Gasteiger partial charge in [0.2, 0.25) is 5.91 Å². The van der Waals surface area contributed by atoms with Gasteiger partial charge in [0.15, 0.2) is 0 Å². The van der Waals surface area contributed by atoms with Crippen molar-refractivity contribution in [3.05, 3.63) is 29.3 Å². The molecule has 4 nitrogen and oxygen atoms in total. The molecule has 0 unspecified atom stereocenters. The van der Waals surface area contributed by atoms with Crippen LogP contribution in [0.1, 0.15) is 19.3 Å². The van der Waals surface area contributed by atoms with Gasteiger partial charge in [-0.05, 0) is 31.4 Å². The SMILES string of the molecule is CN(CCOc1ccccc1Cl)C(=O)C1(N)CCC1.Cl. The van der Waals surface area contributed by atoms with Gasteiger partial charge in [-0.25, -0.2) is 0 Å². The molecule has 6 heteroatoms. The van der Waals surface area contributed by atoms with E-state index in [2.05, 4.69) is 0 Å². The number of carbonyl (C=O) groups excluding carboxylic acids is 1. The molecule has 0 spiro atoms. The lowest BCUT2D eigenvalue weighted by Gasteiger charge is -2.39. The van der Waals surface area contributed by atoms with Crippen LogP contribution >= 0.6 is 24.0 Å². The van der Waals surface area contributed by atoms with E-state index in [1.54, 1.807) is 24.1 Å². The summed E-state index contributed by atoms with van der Waals surface area (Å²) < 4.78 is 5.56. The summed E-state index contributed by atoms with van der Waals surface area (Å²) in [6, 6.07) is 7.29. The maximum atomic E-state index is 12.1. The second kappa shape index (κ2) is 7.16. The third-order valence-corrected chi connectivity index (χ3v) is 3.85. The van der Waals surface area contributed by atoms with E-state index >= 15 is 0 Å². The molecule has 0 radical (unpaired) electrons. The first-order valence-corrected chi connectivity index (χ1v) is 6.82. The monoisotopic (exact) mass is 318 g/mol. The van der Waals surface area contributed by atoms with Gasteiger partial charge in [0.05, 0.1) is 17.1 Å². The number of likely N-dealkylation sites (N-methyl/N-ethyl adjacent to an activating group) is 1. The molecule has 0 aliphatic heterocycles. The fraction of sp³-hybridized carbons (Fsp3) is 0.500. The van der Waals surface area contributed by atoms with Crippen LogP contribution in [0, 0.1) is 0 Å². The molecule has 0 atom stereocenters. The van der Waals surface area contributed by atoms with Crippen molar-refractivity contribution in [3.8, 4) is 5.75 Å². The predicted octanol–water partition coefficient (Wildman–Crippen LogP) is 2.48. The molecule has 0 heterocycles. The summed E-state index contributed by atoms with van der Waals surface area (Å²) in [5.41, 5.74) is 5.36. The minimum Gasteiger partial charge on any atom is -0.490 e. The number of amides is 1. The third kappa shape index (κ3) is 3.78. The molecule has 0 bridgehead atoms. The Morgan fingerprint density at radius 2 is 2.10 bits per heavy atom. The molecular weight excluding hydrogens is 299 g/mol. The summed E-state index contributed by atoms with van der Waals surface area (Å²) in [6.07, 6.45) is 2.59. The molecule has 20 heavy (non-hydrogen) atoms. The minimum absolute atomic E-state index is 0. The van der Waals surface area contributed by atoms with E-state index in [1.807, 2.05) is 12.1 Å². The van der Waals surface area contributed by atoms with Crippen LogP contribution in [-0.2, 0) is 4.79 Å². The van der Waals surface area contributed by atoms with Crippen molar-refractivity contribution in [2.75, 3.05) is 20.2 Å². The zero-order chi connectivity index (χ0) is 13.9. The first kappa shape index (κ1) is 17.1. The molecule has 1 aliphatic carbocycles. The summed E-state index contributed by atoms with van der Waals surface area (Å²) in [5, 5.41) is 0.575. The van der Waals surface area contributed by atoms with E-state index in [-0.39, 0.29) is 18.3 Å². The fourth-order valence-corrected chi connectivity index (χ4v) is 2.30. The number of rotatable bonds is 5. The summed E-state index contributed by atoms with van der Waals surface area (Å²) in [4.78, 5) is 13.7. The topological polar surface area (TPSA) is 55.6 Å². The zero-order valence-corrected chi connectivity index (χ0v) is 13.0. The number of benzene rings is 1. The molecule has 2 N–H and O–H groups in total. The first-order chi connectivity index (χ1) is 9.03. The number of nitrogens with two attached hydrogens (primary N) is 1. The van der Waals surface area contributed by atoms with Gasteiger partial charge in [-0.2, -0.15) is 0 Å². The lowest BCUT2D eigenvalue weighted by Crippen LogP contribution is -2.59.